The average molecular weight is 413 g/mol. The molecule has 2 atom stereocenters. The lowest BCUT2D eigenvalue weighted by Gasteiger charge is -2.21. The number of nitrogens with zero attached hydrogens (tertiary/aromatic N) is 4. The van der Waals surface area contributed by atoms with Gasteiger partial charge < -0.3 is 10.1 Å². The number of aryl methyl sites for hydroxylation is 3. The number of benzene rings is 1. The summed E-state index contributed by atoms with van der Waals surface area (Å²) in [4.78, 5) is 20.5. The fourth-order valence-electron chi connectivity index (χ4n) is 3.68. The number of methoxy groups -OCH3 is 1. The minimum absolute atomic E-state index is 0.143. The van der Waals surface area contributed by atoms with Crippen molar-refractivity contribution in [3.63, 3.8) is 0 Å². The van der Waals surface area contributed by atoms with Gasteiger partial charge in [-0.25, -0.2) is 9.82 Å². The molecule has 0 saturated carbocycles. The average Bonchev–Trinajstić information content (AvgIpc) is 3.29. The zero-order valence-corrected chi connectivity index (χ0v) is 18.1. The van der Waals surface area contributed by atoms with Crippen molar-refractivity contribution in [2.75, 3.05) is 19.5 Å². The number of fused-ring (bicyclic) bond motifs is 1. The second kappa shape index (κ2) is 8.19. The molecule has 0 spiro atoms. The van der Waals surface area contributed by atoms with Gasteiger partial charge in [-0.2, -0.15) is 14.5 Å². The van der Waals surface area contributed by atoms with Crippen molar-refractivity contribution < 1.29 is 19.5 Å². The highest BCUT2D eigenvalue weighted by Crippen LogP contribution is 2.33. The molecular formula is C21H27N5O4. The van der Waals surface area contributed by atoms with Crippen LogP contribution in [-0.2, 0) is 14.7 Å². The lowest BCUT2D eigenvalue weighted by Crippen LogP contribution is -2.35. The van der Waals surface area contributed by atoms with Crippen molar-refractivity contribution in [3.05, 3.63) is 41.2 Å². The fraction of sp³-hybridized carbons (Fsp3) is 0.429. The Bertz CT molecular complexity index is 1070. The Labute approximate surface area is 175 Å². The zero-order chi connectivity index (χ0) is 21.4. The SMILES string of the molecule is CC[C@H](Nc1cc(C)nc2c(-c3ccc(OC)cc3C)c(C)nn12)C1OON(C)O1. The van der Waals surface area contributed by atoms with Crippen molar-refractivity contribution in [1.29, 1.82) is 0 Å². The van der Waals surface area contributed by atoms with Gasteiger partial charge in [-0.05, 0) is 55.7 Å². The van der Waals surface area contributed by atoms with Gasteiger partial charge in [-0.15, -0.1) is 4.99 Å². The molecule has 1 aliphatic heterocycles. The number of hydrogen-bond acceptors (Lipinski definition) is 8. The third-order valence-electron chi connectivity index (χ3n) is 5.19. The van der Waals surface area contributed by atoms with Gasteiger partial charge in [0.1, 0.15) is 11.6 Å². The molecular weight excluding hydrogens is 386 g/mol. The van der Waals surface area contributed by atoms with E-state index in [4.69, 9.17) is 29.5 Å². The molecule has 160 valence electrons. The van der Waals surface area contributed by atoms with Gasteiger partial charge in [-0.3, -0.25) is 0 Å². The van der Waals surface area contributed by atoms with Gasteiger partial charge in [0.2, 0.25) is 6.29 Å². The predicted octanol–water partition coefficient (Wildman–Crippen LogP) is 3.59. The molecule has 1 aliphatic rings. The van der Waals surface area contributed by atoms with Crippen molar-refractivity contribution in [3.8, 4) is 16.9 Å². The number of aromatic nitrogens is 3. The first kappa shape index (κ1) is 20.5. The van der Waals surface area contributed by atoms with E-state index >= 15 is 0 Å². The first-order valence-corrected chi connectivity index (χ1v) is 9.93. The molecule has 1 saturated heterocycles. The number of rotatable bonds is 6. The maximum absolute atomic E-state index is 5.53. The topological polar surface area (TPSA) is 82.4 Å². The highest BCUT2D eigenvalue weighted by Gasteiger charge is 2.32. The molecule has 1 unspecified atom stereocenters. The van der Waals surface area contributed by atoms with E-state index in [1.54, 1.807) is 14.2 Å². The summed E-state index contributed by atoms with van der Waals surface area (Å²) in [5.41, 5.74) is 5.76. The lowest BCUT2D eigenvalue weighted by molar-refractivity contribution is -0.402. The van der Waals surface area contributed by atoms with E-state index in [1.165, 1.54) is 5.23 Å². The molecule has 0 amide bonds. The summed E-state index contributed by atoms with van der Waals surface area (Å²) in [7, 11) is 3.31. The van der Waals surface area contributed by atoms with E-state index in [1.807, 2.05) is 36.6 Å². The van der Waals surface area contributed by atoms with E-state index in [-0.39, 0.29) is 6.04 Å². The monoisotopic (exact) mass is 413 g/mol. The van der Waals surface area contributed by atoms with Crippen LogP contribution < -0.4 is 10.1 Å². The summed E-state index contributed by atoms with van der Waals surface area (Å²) in [6.45, 7) is 8.08. The third-order valence-corrected chi connectivity index (χ3v) is 5.19. The minimum Gasteiger partial charge on any atom is -0.497 e. The molecule has 0 bridgehead atoms. The van der Waals surface area contributed by atoms with Crippen LogP contribution in [0.15, 0.2) is 24.3 Å². The highest BCUT2D eigenvalue weighted by molar-refractivity contribution is 5.83. The fourth-order valence-corrected chi connectivity index (χ4v) is 3.68. The zero-order valence-electron chi connectivity index (χ0n) is 18.1. The molecule has 3 heterocycles. The van der Waals surface area contributed by atoms with Crippen LogP contribution >= 0.6 is 0 Å². The van der Waals surface area contributed by atoms with Crippen LogP contribution in [-0.4, -0.2) is 46.3 Å². The van der Waals surface area contributed by atoms with Gasteiger partial charge in [0.05, 0.1) is 18.8 Å². The predicted molar refractivity (Wildman–Crippen MR) is 112 cm³/mol. The standard InChI is InChI=1S/C21H27N5O4/c1-7-17(21-28-25(5)30-29-21)23-18-11-13(3)22-20-19(14(4)24-26(18)20)16-9-8-15(27-6)10-12(16)2/h8-11,17,21,23H,7H2,1-6H3/t17-,21?/m0/s1. The Balaban J connectivity index is 1.77. The molecule has 30 heavy (non-hydrogen) atoms. The van der Waals surface area contributed by atoms with Gasteiger partial charge >= 0.3 is 0 Å². The number of anilines is 1. The number of hydrogen-bond donors (Lipinski definition) is 1. The maximum atomic E-state index is 5.53. The molecule has 2 aromatic heterocycles. The first-order chi connectivity index (χ1) is 14.4. The van der Waals surface area contributed by atoms with E-state index in [9.17, 15) is 0 Å². The van der Waals surface area contributed by atoms with Crippen LogP contribution in [0, 0.1) is 20.8 Å². The molecule has 1 N–H and O–H groups in total. The van der Waals surface area contributed by atoms with Gasteiger partial charge in [0.15, 0.2) is 5.65 Å². The van der Waals surface area contributed by atoms with E-state index in [2.05, 4.69) is 25.2 Å². The molecule has 1 aromatic carbocycles. The summed E-state index contributed by atoms with van der Waals surface area (Å²) in [6, 6.07) is 7.85. The summed E-state index contributed by atoms with van der Waals surface area (Å²) >= 11 is 0. The third kappa shape index (κ3) is 3.72. The smallest absolute Gasteiger partial charge is 0.235 e. The Kier molecular flexibility index (Phi) is 5.61. The minimum atomic E-state index is -0.566. The first-order valence-electron chi connectivity index (χ1n) is 9.93. The Morgan fingerprint density at radius 2 is 2.03 bits per heavy atom. The largest absolute Gasteiger partial charge is 0.497 e. The van der Waals surface area contributed by atoms with Crippen molar-refractivity contribution in [2.45, 2.75) is 46.4 Å². The van der Waals surface area contributed by atoms with Crippen LogP contribution in [0.3, 0.4) is 0 Å². The molecule has 4 rings (SSSR count). The molecule has 9 nitrogen and oxygen atoms in total. The van der Waals surface area contributed by atoms with Crippen molar-refractivity contribution >= 4 is 11.5 Å². The maximum Gasteiger partial charge on any atom is 0.235 e. The Morgan fingerprint density at radius 3 is 2.67 bits per heavy atom. The van der Waals surface area contributed by atoms with Crippen molar-refractivity contribution in [2.24, 2.45) is 0 Å². The number of nitrogens with one attached hydrogen (secondary N) is 1. The van der Waals surface area contributed by atoms with Gasteiger partial charge in [-0.1, -0.05) is 13.0 Å². The highest BCUT2D eigenvalue weighted by atomic mass is 17.4. The van der Waals surface area contributed by atoms with Crippen molar-refractivity contribution in [1.82, 2.24) is 19.8 Å². The van der Waals surface area contributed by atoms with Crippen LogP contribution in [0.2, 0.25) is 0 Å². The van der Waals surface area contributed by atoms with Crippen LogP contribution in [0.25, 0.3) is 16.8 Å². The summed E-state index contributed by atoms with van der Waals surface area (Å²) < 4.78 is 7.19. The quantitative estimate of drug-likeness (QED) is 0.614. The normalized spacial score (nSPS) is 18.1. The molecule has 0 radical (unpaired) electrons. The second-order valence-corrected chi connectivity index (χ2v) is 7.40. The Morgan fingerprint density at radius 1 is 1.23 bits per heavy atom. The summed E-state index contributed by atoms with van der Waals surface area (Å²) in [5.74, 6) is 1.64. The number of hydroxylamine groups is 2. The Hall–Kier alpha value is -2.72. The number of ether oxygens (including phenoxy) is 1. The molecule has 1 fully saturated rings. The lowest BCUT2D eigenvalue weighted by atomic mass is 10.0. The molecule has 3 aromatic rings. The second-order valence-electron chi connectivity index (χ2n) is 7.40. The summed E-state index contributed by atoms with van der Waals surface area (Å²) in [5, 5.41) is 9.46. The van der Waals surface area contributed by atoms with E-state index < -0.39 is 6.29 Å². The van der Waals surface area contributed by atoms with E-state index in [0.717, 1.165) is 51.7 Å². The van der Waals surface area contributed by atoms with Gasteiger partial charge in [0.25, 0.3) is 0 Å². The molecule has 0 aliphatic carbocycles. The van der Waals surface area contributed by atoms with Gasteiger partial charge in [0, 0.05) is 24.4 Å². The van der Waals surface area contributed by atoms with E-state index in [0.29, 0.717) is 0 Å². The molecule has 9 heteroatoms. The van der Waals surface area contributed by atoms with Crippen LogP contribution in [0.5, 0.6) is 5.75 Å². The van der Waals surface area contributed by atoms with Crippen LogP contribution in [0.1, 0.15) is 30.3 Å². The summed E-state index contributed by atoms with van der Waals surface area (Å²) in [6.07, 6.45) is 0.193. The van der Waals surface area contributed by atoms with Crippen LogP contribution in [0.4, 0.5) is 5.82 Å².